The minimum absolute atomic E-state index is 0.0281. The Kier molecular flexibility index (Phi) is 8.28. The molecule has 5 rings (SSSR count). The van der Waals surface area contributed by atoms with E-state index in [1.807, 2.05) is 13.8 Å². The summed E-state index contributed by atoms with van der Waals surface area (Å²) in [6.45, 7) is 8.27. The van der Waals surface area contributed by atoms with Gasteiger partial charge < -0.3 is 9.47 Å². The number of benzene rings is 2. The summed E-state index contributed by atoms with van der Waals surface area (Å²) in [4.78, 5) is 5.12. The number of aryl methyl sites for hydroxylation is 2. The fraction of sp³-hybridized carbons (Fsp3) is 0.433. The smallest absolute Gasteiger partial charge is 0.243 e. The molecule has 0 unspecified atom stereocenters. The summed E-state index contributed by atoms with van der Waals surface area (Å²) in [6.07, 6.45) is 3.44. The monoisotopic (exact) mass is 599 g/mol. The van der Waals surface area contributed by atoms with Crippen LogP contribution in [0.1, 0.15) is 61.1 Å². The van der Waals surface area contributed by atoms with Crippen molar-refractivity contribution in [3.8, 4) is 5.75 Å². The number of fused-ring (bicyclic) bond motifs is 6. The second-order valence-electron chi connectivity index (χ2n) is 11.2. The molecule has 220 valence electrons. The first-order valence-corrected chi connectivity index (χ1v) is 16.7. The van der Waals surface area contributed by atoms with Gasteiger partial charge in [0.15, 0.2) is 5.75 Å². The van der Waals surface area contributed by atoms with Crippen molar-refractivity contribution in [2.45, 2.75) is 82.2 Å². The summed E-state index contributed by atoms with van der Waals surface area (Å²) in [5.74, 6) is -0.501. The lowest BCUT2D eigenvalue weighted by molar-refractivity contribution is -0.181. The van der Waals surface area contributed by atoms with Crippen LogP contribution in [0.3, 0.4) is 0 Å². The van der Waals surface area contributed by atoms with Crippen molar-refractivity contribution in [1.82, 2.24) is 13.6 Å². The lowest BCUT2D eigenvalue weighted by Gasteiger charge is -2.35. The van der Waals surface area contributed by atoms with Gasteiger partial charge in [0.05, 0.1) is 28.6 Å². The third-order valence-electron chi connectivity index (χ3n) is 7.52. The Balaban J connectivity index is 1.56. The van der Waals surface area contributed by atoms with Crippen LogP contribution >= 0.6 is 0 Å². The van der Waals surface area contributed by atoms with Crippen molar-refractivity contribution in [3.05, 3.63) is 82.7 Å². The van der Waals surface area contributed by atoms with Crippen LogP contribution in [0.5, 0.6) is 5.75 Å². The summed E-state index contributed by atoms with van der Waals surface area (Å²) in [5.41, 5.74) is 3.78. The summed E-state index contributed by atoms with van der Waals surface area (Å²) >= 11 is 0. The van der Waals surface area contributed by atoms with Gasteiger partial charge in [0.2, 0.25) is 25.8 Å². The van der Waals surface area contributed by atoms with Crippen molar-refractivity contribution < 1.29 is 26.3 Å². The van der Waals surface area contributed by atoms with E-state index in [4.69, 9.17) is 9.47 Å². The SMILES string of the molecule is Cc1ccc(S(=O)(=O)N2CCCCCN(S(=O)(=O)c3ccc(C)cc3)Cc3ncc(c4c3OC(C)(C)OC4)C2)cc1. The molecule has 0 fully saturated rings. The Morgan fingerprint density at radius 1 is 0.756 bits per heavy atom. The molecule has 9 nitrogen and oxygen atoms in total. The molecule has 0 N–H and O–H groups in total. The first-order valence-electron chi connectivity index (χ1n) is 13.8. The van der Waals surface area contributed by atoms with E-state index in [0.29, 0.717) is 41.8 Å². The average molecular weight is 600 g/mol. The number of pyridine rings is 1. The van der Waals surface area contributed by atoms with Gasteiger partial charge in [-0.2, -0.15) is 8.61 Å². The number of hydrogen-bond acceptors (Lipinski definition) is 7. The Hall–Kier alpha value is -2.83. The van der Waals surface area contributed by atoms with Gasteiger partial charge in [0, 0.05) is 45.2 Å². The number of sulfonamides is 2. The minimum atomic E-state index is -3.83. The summed E-state index contributed by atoms with van der Waals surface area (Å²) in [5, 5.41) is 0. The van der Waals surface area contributed by atoms with Crippen LogP contribution in [-0.4, -0.2) is 49.3 Å². The molecule has 2 aliphatic rings. The molecule has 2 aromatic carbocycles. The van der Waals surface area contributed by atoms with E-state index >= 15 is 0 Å². The zero-order valence-corrected chi connectivity index (χ0v) is 25.6. The first kappa shape index (κ1) is 29.7. The second-order valence-corrected chi connectivity index (χ2v) is 15.1. The molecular formula is C30H37N3O6S2. The fourth-order valence-electron chi connectivity index (χ4n) is 5.06. The van der Waals surface area contributed by atoms with Gasteiger partial charge in [-0.3, -0.25) is 4.98 Å². The van der Waals surface area contributed by atoms with Crippen molar-refractivity contribution in [1.29, 1.82) is 0 Å². The molecular weight excluding hydrogens is 562 g/mol. The van der Waals surface area contributed by atoms with Gasteiger partial charge in [0.1, 0.15) is 0 Å². The van der Waals surface area contributed by atoms with Gasteiger partial charge in [0.25, 0.3) is 0 Å². The Labute approximate surface area is 243 Å². The highest BCUT2D eigenvalue weighted by Crippen LogP contribution is 2.38. The maximum atomic E-state index is 13.8. The largest absolute Gasteiger partial charge is 0.461 e. The van der Waals surface area contributed by atoms with Crippen LogP contribution in [-0.2, 0) is 44.5 Å². The van der Waals surface area contributed by atoms with E-state index in [0.717, 1.165) is 11.1 Å². The molecule has 0 saturated heterocycles. The highest BCUT2D eigenvalue weighted by molar-refractivity contribution is 7.89. The summed E-state index contributed by atoms with van der Waals surface area (Å²) in [6, 6.07) is 13.7. The Bertz CT molecular complexity index is 1620. The summed E-state index contributed by atoms with van der Waals surface area (Å²) < 4.78 is 70.3. The average Bonchev–Trinajstić information content (AvgIpc) is 2.94. The lowest BCUT2D eigenvalue weighted by Crippen LogP contribution is -2.38. The predicted molar refractivity (Wildman–Crippen MR) is 155 cm³/mol. The maximum Gasteiger partial charge on any atom is 0.243 e. The molecule has 2 aliphatic heterocycles. The van der Waals surface area contributed by atoms with E-state index in [9.17, 15) is 16.8 Å². The van der Waals surface area contributed by atoms with Crippen molar-refractivity contribution in [2.24, 2.45) is 0 Å². The van der Waals surface area contributed by atoms with Gasteiger partial charge in [-0.1, -0.05) is 41.8 Å². The number of hydrogen-bond donors (Lipinski definition) is 0. The summed E-state index contributed by atoms with van der Waals surface area (Å²) in [7, 11) is -7.63. The molecule has 0 atom stereocenters. The van der Waals surface area contributed by atoms with Crippen LogP contribution < -0.4 is 4.74 Å². The third-order valence-corrected chi connectivity index (χ3v) is 11.2. The second kappa shape index (κ2) is 11.4. The molecule has 0 aliphatic carbocycles. The topological polar surface area (TPSA) is 106 Å². The van der Waals surface area contributed by atoms with Crippen LogP contribution in [0.15, 0.2) is 64.5 Å². The fourth-order valence-corrected chi connectivity index (χ4v) is 7.95. The number of aromatic nitrogens is 1. The molecule has 0 spiro atoms. The van der Waals surface area contributed by atoms with E-state index < -0.39 is 25.8 Å². The van der Waals surface area contributed by atoms with Crippen LogP contribution in [0, 0.1) is 13.8 Å². The number of nitrogens with zero attached hydrogens (tertiary/aromatic N) is 3. The van der Waals surface area contributed by atoms with Crippen LogP contribution in [0.2, 0.25) is 0 Å². The van der Waals surface area contributed by atoms with Crippen LogP contribution in [0.4, 0.5) is 0 Å². The molecule has 0 amide bonds. The molecule has 3 aromatic rings. The van der Waals surface area contributed by atoms with Gasteiger partial charge >= 0.3 is 0 Å². The molecule has 1 aromatic heterocycles. The quantitative estimate of drug-likeness (QED) is 0.420. The predicted octanol–water partition coefficient (Wildman–Crippen LogP) is 4.91. The van der Waals surface area contributed by atoms with Crippen LogP contribution in [0.25, 0.3) is 0 Å². The van der Waals surface area contributed by atoms with Crippen molar-refractivity contribution in [2.75, 3.05) is 13.1 Å². The molecule has 11 heteroatoms. The highest BCUT2D eigenvalue weighted by atomic mass is 32.2. The number of ether oxygens (including phenoxy) is 2. The van der Waals surface area contributed by atoms with E-state index in [-0.39, 0.29) is 42.6 Å². The molecule has 0 saturated carbocycles. The molecule has 2 bridgehead atoms. The Morgan fingerprint density at radius 2 is 1.27 bits per heavy atom. The zero-order valence-electron chi connectivity index (χ0n) is 24.0. The minimum Gasteiger partial charge on any atom is -0.461 e. The lowest BCUT2D eigenvalue weighted by atomic mass is 10.1. The maximum absolute atomic E-state index is 13.8. The van der Waals surface area contributed by atoms with Gasteiger partial charge in [-0.05, 0) is 56.5 Å². The highest BCUT2D eigenvalue weighted by Gasteiger charge is 2.35. The van der Waals surface area contributed by atoms with E-state index in [1.54, 1.807) is 68.6 Å². The molecule has 41 heavy (non-hydrogen) atoms. The van der Waals surface area contributed by atoms with Gasteiger partial charge in [-0.25, -0.2) is 16.8 Å². The van der Waals surface area contributed by atoms with Crippen molar-refractivity contribution in [3.63, 3.8) is 0 Å². The van der Waals surface area contributed by atoms with Gasteiger partial charge in [-0.15, -0.1) is 0 Å². The standard InChI is InChI=1S/C30H37N3O6S2/c1-22-8-12-25(13-9-22)40(34,35)32-16-6-5-7-17-33(41(36,37)26-14-10-23(2)11-15-26)20-28-29-27(24(19-32)18-31-28)21-38-30(3,4)39-29/h8-15,18H,5-7,16-17,19-21H2,1-4H3. The molecule has 3 heterocycles. The third kappa shape index (κ3) is 6.34. The van der Waals surface area contributed by atoms with E-state index in [2.05, 4.69) is 4.98 Å². The molecule has 0 radical (unpaired) electrons. The zero-order chi connectivity index (χ0) is 29.4. The Morgan fingerprint density at radius 3 is 1.80 bits per heavy atom. The number of rotatable bonds is 4. The first-order chi connectivity index (χ1) is 19.4. The van der Waals surface area contributed by atoms with E-state index in [1.165, 1.54) is 8.61 Å². The normalized spacial score (nSPS) is 18.9. The van der Waals surface area contributed by atoms with Crippen molar-refractivity contribution >= 4 is 20.0 Å².